The minimum atomic E-state index is -0.192. The van der Waals surface area contributed by atoms with Gasteiger partial charge >= 0.3 is 0 Å². The molecule has 0 spiro atoms. The van der Waals surface area contributed by atoms with Gasteiger partial charge in [0, 0.05) is 12.6 Å². The second kappa shape index (κ2) is 9.19. The Labute approximate surface area is 98.2 Å². The number of carbonyl (C=O) groups excluding carboxylic acids is 2. The summed E-state index contributed by atoms with van der Waals surface area (Å²) in [5.74, 6) is -0.376. The maximum absolute atomic E-state index is 11.3. The highest BCUT2D eigenvalue weighted by molar-refractivity contribution is 5.96. The van der Waals surface area contributed by atoms with Crippen LogP contribution in [-0.2, 0) is 9.59 Å². The summed E-state index contributed by atoms with van der Waals surface area (Å²) in [7, 11) is 0. The van der Waals surface area contributed by atoms with Crippen molar-refractivity contribution in [2.45, 2.75) is 58.9 Å². The molecule has 1 atom stereocenters. The van der Waals surface area contributed by atoms with Gasteiger partial charge in [0.1, 0.15) is 6.42 Å². The van der Waals surface area contributed by atoms with Crippen LogP contribution in [0.4, 0.5) is 0 Å². The summed E-state index contributed by atoms with van der Waals surface area (Å²) in [5.41, 5.74) is 0. The number of unbranched alkanes of at least 4 members (excludes halogenated alkanes) is 2. The maximum Gasteiger partial charge on any atom is 0.229 e. The van der Waals surface area contributed by atoms with E-state index in [1.807, 2.05) is 13.8 Å². The molecule has 0 radical (unpaired) electrons. The molecule has 0 heterocycles. The highest BCUT2D eigenvalue weighted by Gasteiger charge is 2.10. The Kier molecular flexibility index (Phi) is 8.58. The van der Waals surface area contributed by atoms with Gasteiger partial charge in [0.05, 0.1) is 0 Å². The normalized spacial score (nSPS) is 11.9. The van der Waals surface area contributed by atoms with Crippen molar-refractivity contribution in [1.29, 1.82) is 0 Å². The van der Waals surface area contributed by atoms with Crippen LogP contribution < -0.4 is 10.6 Å². The van der Waals surface area contributed by atoms with Crippen LogP contribution in [0, 0.1) is 0 Å². The molecule has 0 aromatic heterocycles. The molecule has 0 fully saturated rings. The third-order valence-electron chi connectivity index (χ3n) is 2.44. The van der Waals surface area contributed by atoms with Gasteiger partial charge in [0.25, 0.3) is 0 Å². The SMILES string of the molecule is CCCCCNC(=O)CC(=O)NC(C)CC. The quantitative estimate of drug-likeness (QED) is 0.489. The Morgan fingerprint density at radius 2 is 1.81 bits per heavy atom. The fourth-order valence-electron chi connectivity index (χ4n) is 1.24. The van der Waals surface area contributed by atoms with E-state index in [0.717, 1.165) is 25.7 Å². The number of rotatable bonds is 8. The zero-order valence-corrected chi connectivity index (χ0v) is 10.6. The van der Waals surface area contributed by atoms with E-state index in [4.69, 9.17) is 0 Å². The predicted octanol–water partition coefficient (Wildman–Crippen LogP) is 1.60. The summed E-state index contributed by atoms with van der Waals surface area (Å²) < 4.78 is 0. The van der Waals surface area contributed by atoms with Crippen molar-refractivity contribution >= 4 is 11.8 Å². The van der Waals surface area contributed by atoms with Gasteiger partial charge in [-0.1, -0.05) is 26.7 Å². The van der Waals surface area contributed by atoms with Crippen molar-refractivity contribution in [2.75, 3.05) is 6.54 Å². The first-order valence-electron chi connectivity index (χ1n) is 6.16. The lowest BCUT2D eigenvalue weighted by Crippen LogP contribution is -2.36. The summed E-state index contributed by atoms with van der Waals surface area (Å²) in [4.78, 5) is 22.7. The van der Waals surface area contributed by atoms with Crippen LogP contribution in [0.25, 0.3) is 0 Å². The molecule has 0 aliphatic rings. The fraction of sp³-hybridized carbons (Fsp3) is 0.833. The van der Waals surface area contributed by atoms with Crippen molar-refractivity contribution in [3.63, 3.8) is 0 Å². The van der Waals surface area contributed by atoms with Crippen LogP contribution in [0.5, 0.6) is 0 Å². The van der Waals surface area contributed by atoms with Crippen LogP contribution in [0.3, 0.4) is 0 Å². The zero-order valence-electron chi connectivity index (χ0n) is 10.6. The molecule has 0 aromatic carbocycles. The molecule has 0 bridgehead atoms. The number of nitrogens with one attached hydrogen (secondary N) is 2. The molecule has 4 heteroatoms. The highest BCUT2D eigenvalue weighted by atomic mass is 16.2. The molecule has 0 aromatic rings. The van der Waals surface area contributed by atoms with Gasteiger partial charge in [0.2, 0.25) is 11.8 Å². The topological polar surface area (TPSA) is 58.2 Å². The lowest BCUT2D eigenvalue weighted by molar-refractivity contribution is -0.129. The van der Waals surface area contributed by atoms with Gasteiger partial charge in [-0.15, -0.1) is 0 Å². The van der Waals surface area contributed by atoms with Gasteiger partial charge in [-0.2, -0.15) is 0 Å². The van der Waals surface area contributed by atoms with E-state index in [1.165, 1.54) is 0 Å². The van der Waals surface area contributed by atoms with Crippen molar-refractivity contribution in [1.82, 2.24) is 10.6 Å². The highest BCUT2D eigenvalue weighted by Crippen LogP contribution is 1.92. The van der Waals surface area contributed by atoms with E-state index >= 15 is 0 Å². The third-order valence-corrected chi connectivity index (χ3v) is 2.44. The Balaban J connectivity index is 3.58. The number of amides is 2. The summed E-state index contributed by atoms with van der Waals surface area (Å²) in [6.07, 6.45) is 4.04. The van der Waals surface area contributed by atoms with Crippen LogP contribution in [-0.4, -0.2) is 24.4 Å². The van der Waals surface area contributed by atoms with E-state index in [-0.39, 0.29) is 24.3 Å². The Morgan fingerprint density at radius 1 is 1.12 bits per heavy atom. The predicted molar refractivity (Wildman–Crippen MR) is 65.0 cm³/mol. The molecule has 0 saturated carbocycles. The first-order chi connectivity index (χ1) is 7.60. The molecular weight excluding hydrogens is 204 g/mol. The first kappa shape index (κ1) is 14.9. The Hall–Kier alpha value is -1.06. The Morgan fingerprint density at radius 3 is 2.38 bits per heavy atom. The van der Waals surface area contributed by atoms with Crippen LogP contribution in [0.15, 0.2) is 0 Å². The molecule has 1 unspecified atom stereocenters. The molecule has 0 aliphatic carbocycles. The molecule has 2 amide bonds. The molecule has 0 saturated heterocycles. The van der Waals surface area contributed by atoms with E-state index < -0.39 is 0 Å². The van der Waals surface area contributed by atoms with Crippen LogP contribution in [0.2, 0.25) is 0 Å². The largest absolute Gasteiger partial charge is 0.356 e. The fourth-order valence-corrected chi connectivity index (χ4v) is 1.24. The zero-order chi connectivity index (χ0) is 12.4. The van der Waals surface area contributed by atoms with Crippen molar-refractivity contribution in [2.24, 2.45) is 0 Å². The standard InChI is InChI=1S/C12H24N2O2/c1-4-6-7-8-13-11(15)9-12(16)14-10(3)5-2/h10H,4-9H2,1-3H3,(H,13,15)(H,14,16). The van der Waals surface area contributed by atoms with Gasteiger partial charge in [-0.3, -0.25) is 9.59 Å². The van der Waals surface area contributed by atoms with E-state index in [2.05, 4.69) is 17.6 Å². The molecule has 2 N–H and O–H groups in total. The third kappa shape index (κ3) is 8.26. The summed E-state index contributed by atoms with van der Waals surface area (Å²) in [6.45, 7) is 6.71. The monoisotopic (exact) mass is 228 g/mol. The van der Waals surface area contributed by atoms with Crippen molar-refractivity contribution < 1.29 is 9.59 Å². The van der Waals surface area contributed by atoms with E-state index in [9.17, 15) is 9.59 Å². The van der Waals surface area contributed by atoms with Crippen LogP contribution in [0.1, 0.15) is 52.9 Å². The number of hydrogen-bond acceptors (Lipinski definition) is 2. The van der Waals surface area contributed by atoms with Gasteiger partial charge in [-0.05, 0) is 19.8 Å². The second-order valence-electron chi connectivity index (χ2n) is 4.11. The lowest BCUT2D eigenvalue weighted by atomic mass is 10.2. The van der Waals surface area contributed by atoms with Crippen LogP contribution >= 0.6 is 0 Å². The summed E-state index contributed by atoms with van der Waals surface area (Å²) in [5, 5.41) is 5.50. The average Bonchev–Trinajstić information content (AvgIpc) is 2.24. The molecule has 0 rings (SSSR count). The molecule has 4 nitrogen and oxygen atoms in total. The lowest BCUT2D eigenvalue weighted by Gasteiger charge is -2.11. The van der Waals surface area contributed by atoms with Gasteiger partial charge < -0.3 is 10.6 Å². The second-order valence-corrected chi connectivity index (χ2v) is 4.11. The number of carbonyl (C=O) groups is 2. The number of hydrogen-bond donors (Lipinski definition) is 2. The average molecular weight is 228 g/mol. The maximum atomic E-state index is 11.3. The molecule has 94 valence electrons. The summed E-state index contributed by atoms with van der Waals surface area (Å²) in [6, 6.07) is 0.139. The van der Waals surface area contributed by atoms with E-state index in [0.29, 0.717) is 6.54 Å². The Bertz CT molecular complexity index is 217. The van der Waals surface area contributed by atoms with E-state index in [1.54, 1.807) is 0 Å². The van der Waals surface area contributed by atoms with Gasteiger partial charge in [0.15, 0.2) is 0 Å². The van der Waals surface area contributed by atoms with Crippen molar-refractivity contribution in [3.8, 4) is 0 Å². The minimum absolute atomic E-state index is 0.0591. The van der Waals surface area contributed by atoms with Gasteiger partial charge in [-0.25, -0.2) is 0 Å². The minimum Gasteiger partial charge on any atom is -0.356 e. The first-order valence-corrected chi connectivity index (χ1v) is 6.16. The molecular formula is C12H24N2O2. The summed E-state index contributed by atoms with van der Waals surface area (Å²) >= 11 is 0. The van der Waals surface area contributed by atoms with Crippen molar-refractivity contribution in [3.05, 3.63) is 0 Å². The smallest absolute Gasteiger partial charge is 0.229 e. The molecule has 0 aliphatic heterocycles. The molecule has 16 heavy (non-hydrogen) atoms.